The summed E-state index contributed by atoms with van der Waals surface area (Å²) in [5.41, 5.74) is -3.31. The van der Waals surface area contributed by atoms with Crippen molar-refractivity contribution in [1.29, 1.82) is 0 Å². The third kappa shape index (κ3) is 6.48. The van der Waals surface area contributed by atoms with E-state index < -0.39 is 30.2 Å². The Balaban J connectivity index is 2.74. The van der Waals surface area contributed by atoms with Gasteiger partial charge in [-0.05, 0) is 31.6 Å². The molecule has 0 aliphatic rings. The minimum atomic E-state index is -6.04. The molecule has 1 aromatic rings. The number of hydrogen-bond donors (Lipinski definition) is 0. The molecule has 162 valence electrons. The number of aromatic nitrogens is 1. The Bertz CT molecular complexity index is 741. The Morgan fingerprint density at radius 2 is 1.76 bits per heavy atom. The average molecular weight is 443 g/mol. The summed E-state index contributed by atoms with van der Waals surface area (Å²) in [7, 11) is 1.75. The lowest BCUT2D eigenvalue weighted by molar-refractivity contribution is -0.341. The molecule has 0 atom stereocenters. The first-order chi connectivity index (χ1) is 13.2. The van der Waals surface area contributed by atoms with E-state index in [1.54, 1.807) is 43.4 Å². The monoisotopic (exact) mass is 443 g/mol. The zero-order valence-electron chi connectivity index (χ0n) is 15.9. The highest BCUT2D eigenvalue weighted by Crippen LogP contribution is 2.48. The molecule has 3 nitrogen and oxygen atoms in total. The molecule has 0 saturated carbocycles. The van der Waals surface area contributed by atoms with Crippen LogP contribution in [0.2, 0.25) is 0 Å². The largest absolute Gasteiger partial charge is 0.431 e. The van der Waals surface area contributed by atoms with E-state index >= 15 is 0 Å². The summed E-state index contributed by atoms with van der Waals surface area (Å²) in [5, 5.41) is 0.188. The molecule has 0 saturated heterocycles. The Morgan fingerprint density at radius 1 is 1.17 bits per heavy atom. The highest BCUT2D eigenvalue weighted by molar-refractivity contribution is 8.13. The molecule has 29 heavy (non-hydrogen) atoms. The molecule has 0 aliphatic heterocycles. The van der Waals surface area contributed by atoms with Gasteiger partial charge >= 0.3 is 12.4 Å². The molecular weight excluding hydrogens is 423 g/mol. The molecule has 0 bridgehead atoms. The molecule has 1 heterocycles. The molecular formula is C18H20F7N3S. The van der Waals surface area contributed by atoms with E-state index in [4.69, 9.17) is 0 Å². The summed E-state index contributed by atoms with van der Waals surface area (Å²) in [6.07, 6.45) is -9.22. The van der Waals surface area contributed by atoms with Gasteiger partial charge in [0.25, 0.3) is 5.67 Å². The Hall–Kier alpha value is -2.04. The summed E-state index contributed by atoms with van der Waals surface area (Å²) in [6, 6.07) is 3.55. The normalized spacial score (nSPS) is 14.1. The lowest BCUT2D eigenvalue weighted by atomic mass is 10.0. The van der Waals surface area contributed by atoms with Crippen LogP contribution in [-0.4, -0.2) is 40.8 Å². The van der Waals surface area contributed by atoms with Crippen molar-refractivity contribution in [1.82, 2.24) is 4.98 Å². The first kappa shape index (κ1) is 25.0. The lowest BCUT2D eigenvalue weighted by Gasteiger charge is -2.29. The Morgan fingerprint density at radius 3 is 2.24 bits per heavy atom. The quantitative estimate of drug-likeness (QED) is 0.214. The molecule has 0 fully saturated rings. The van der Waals surface area contributed by atoms with Crippen LogP contribution < -0.4 is 4.90 Å². The molecule has 1 aromatic heterocycles. The minimum absolute atomic E-state index is 0.188. The molecule has 0 aromatic carbocycles. The number of anilines is 1. The predicted octanol–water partition coefficient (Wildman–Crippen LogP) is 6.31. The van der Waals surface area contributed by atoms with Gasteiger partial charge in [-0.2, -0.15) is 26.3 Å². The van der Waals surface area contributed by atoms with E-state index in [0.29, 0.717) is 23.0 Å². The number of halogens is 7. The van der Waals surface area contributed by atoms with Crippen molar-refractivity contribution >= 4 is 22.5 Å². The van der Waals surface area contributed by atoms with Gasteiger partial charge in [-0.15, -0.1) is 11.8 Å². The number of nitrogens with zero attached hydrogens (tertiary/aromatic N) is 3. The van der Waals surface area contributed by atoms with Crippen molar-refractivity contribution in [3.63, 3.8) is 0 Å². The summed E-state index contributed by atoms with van der Waals surface area (Å²) in [6.45, 7) is 7.01. The summed E-state index contributed by atoms with van der Waals surface area (Å²) < 4.78 is 88.7. The van der Waals surface area contributed by atoms with E-state index in [0.717, 1.165) is 5.69 Å². The second-order valence-corrected chi connectivity index (χ2v) is 7.36. The first-order valence-electron chi connectivity index (χ1n) is 8.20. The lowest BCUT2D eigenvalue weighted by Crippen LogP contribution is -2.53. The predicted molar refractivity (Wildman–Crippen MR) is 102 cm³/mol. The molecule has 1 rings (SSSR count). The van der Waals surface area contributed by atoms with Gasteiger partial charge in [0, 0.05) is 37.3 Å². The second-order valence-electron chi connectivity index (χ2n) is 6.07. The fraction of sp³-hybridized carbons (Fsp3) is 0.444. The molecule has 0 radical (unpaired) electrons. The van der Waals surface area contributed by atoms with Gasteiger partial charge in [-0.1, -0.05) is 6.58 Å². The maximum atomic E-state index is 13.6. The van der Waals surface area contributed by atoms with E-state index in [2.05, 4.69) is 16.6 Å². The topological polar surface area (TPSA) is 28.5 Å². The van der Waals surface area contributed by atoms with Crippen LogP contribution in [-0.2, 0) is 0 Å². The number of aliphatic imine (C=N–C) groups is 1. The number of allylic oxidation sites excluding steroid dienone is 1. The van der Waals surface area contributed by atoms with Crippen molar-refractivity contribution < 1.29 is 30.7 Å². The van der Waals surface area contributed by atoms with Gasteiger partial charge < -0.3 is 4.90 Å². The fourth-order valence-electron chi connectivity index (χ4n) is 2.06. The van der Waals surface area contributed by atoms with Crippen LogP contribution in [0.5, 0.6) is 0 Å². The Kier molecular flexibility index (Phi) is 8.31. The van der Waals surface area contributed by atoms with Crippen LogP contribution in [0, 0.1) is 0 Å². The maximum absolute atomic E-state index is 13.6. The molecule has 0 aliphatic carbocycles. The van der Waals surface area contributed by atoms with Crippen LogP contribution in [0.3, 0.4) is 0 Å². The van der Waals surface area contributed by atoms with Gasteiger partial charge in [0.1, 0.15) is 0 Å². The number of likely N-dealkylation sites (N-methyl/N-ethyl adjacent to an activating group) is 1. The summed E-state index contributed by atoms with van der Waals surface area (Å²) in [4.78, 5) is 9.72. The van der Waals surface area contributed by atoms with Crippen molar-refractivity contribution in [3.05, 3.63) is 48.6 Å². The summed E-state index contributed by atoms with van der Waals surface area (Å²) >= 11 is 0.606. The van der Waals surface area contributed by atoms with Crippen LogP contribution >= 0.6 is 11.8 Å². The van der Waals surface area contributed by atoms with Crippen LogP contribution in [0.25, 0.3) is 0 Å². The van der Waals surface area contributed by atoms with Gasteiger partial charge in [0.2, 0.25) is 0 Å². The first-order valence-corrected chi connectivity index (χ1v) is 9.18. The third-order valence-electron chi connectivity index (χ3n) is 3.99. The number of hydrogen-bond acceptors (Lipinski definition) is 4. The fourth-order valence-corrected chi connectivity index (χ4v) is 2.86. The number of pyridine rings is 1. The van der Waals surface area contributed by atoms with E-state index in [1.807, 2.05) is 0 Å². The van der Waals surface area contributed by atoms with Gasteiger partial charge in [-0.25, -0.2) is 4.39 Å². The second kappa shape index (κ2) is 9.64. The molecule has 0 amide bonds. The maximum Gasteiger partial charge on any atom is 0.431 e. The van der Waals surface area contributed by atoms with E-state index in [1.165, 1.54) is 13.1 Å². The number of rotatable bonds is 7. The number of alkyl halides is 7. The third-order valence-corrected chi connectivity index (χ3v) is 4.92. The SMILES string of the molecule is C=C(/C(C)=C/N=C(C)SCCC(F)(C(F)(F)F)C(F)(F)F)N(C)c1cccnc1. The smallest absolute Gasteiger partial charge is 0.344 e. The summed E-state index contributed by atoms with van der Waals surface area (Å²) in [5.74, 6) is -0.742. The zero-order valence-corrected chi connectivity index (χ0v) is 16.7. The van der Waals surface area contributed by atoms with Crippen molar-refractivity contribution in [2.75, 3.05) is 17.7 Å². The van der Waals surface area contributed by atoms with Gasteiger partial charge in [0.05, 0.1) is 16.9 Å². The highest BCUT2D eigenvalue weighted by atomic mass is 32.2. The zero-order chi connectivity index (χ0) is 22.5. The van der Waals surface area contributed by atoms with Gasteiger partial charge in [0.15, 0.2) is 0 Å². The molecule has 0 spiro atoms. The van der Waals surface area contributed by atoms with Crippen molar-refractivity contribution in [2.24, 2.45) is 4.99 Å². The van der Waals surface area contributed by atoms with Crippen LogP contribution in [0.4, 0.5) is 36.4 Å². The molecule has 11 heteroatoms. The Labute approximate surface area is 168 Å². The van der Waals surface area contributed by atoms with Crippen LogP contribution in [0.1, 0.15) is 20.3 Å². The molecule has 0 N–H and O–H groups in total. The van der Waals surface area contributed by atoms with E-state index in [-0.39, 0.29) is 5.04 Å². The highest BCUT2D eigenvalue weighted by Gasteiger charge is 2.71. The minimum Gasteiger partial charge on any atom is -0.344 e. The average Bonchev–Trinajstić information content (AvgIpc) is 2.63. The standard InChI is InChI=1S/C18H20F7N3S/c1-12(13(2)28(4)15-6-5-8-26-11-15)10-27-14(3)29-9-7-16(19,17(20,21)22)18(23,24)25/h5-6,8,10-11H,2,7,9H2,1,3-4H3/b12-10+,27-14?. The van der Waals surface area contributed by atoms with Crippen molar-refractivity contribution in [2.45, 2.75) is 38.3 Å². The van der Waals surface area contributed by atoms with Crippen molar-refractivity contribution in [3.8, 4) is 0 Å². The van der Waals surface area contributed by atoms with Crippen LogP contribution in [0.15, 0.2) is 53.6 Å². The van der Waals surface area contributed by atoms with E-state index in [9.17, 15) is 30.7 Å². The van der Waals surface area contributed by atoms with Gasteiger partial charge in [-0.3, -0.25) is 9.98 Å². The molecule has 0 unspecified atom stereocenters. The number of thioether (sulfide) groups is 1.